The number of hydrogen-bond donors (Lipinski definition) is 2. The number of carboxylic acids is 1. The van der Waals surface area contributed by atoms with E-state index in [-0.39, 0.29) is 23.8 Å². The molecular formula is C16H27NO3. The van der Waals surface area contributed by atoms with Gasteiger partial charge < -0.3 is 10.4 Å². The summed E-state index contributed by atoms with van der Waals surface area (Å²) < 4.78 is 0. The first-order valence-electron chi connectivity index (χ1n) is 8.06. The van der Waals surface area contributed by atoms with Crippen molar-refractivity contribution in [2.24, 2.45) is 23.7 Å². The van der Waals surface area contributed by atoms with Gasteiger partial charge in [0.05, 0.1) is 5.92 Å². The molecule has 2 aliphatic carbocycles. The van der Waals surface area contributed by atoms with Crippen molar-refractivity contribution < 1.29 is 14.7 Å². The molecule has 2 aliphatic rings. The first-order chi connectivity index (χ1) is 9.52. The van der Waals surface area contributed by atoms with E-state index in [0.29, 0.717) is 12.3 Å². The third-order valence-electron chi connectivity index (χ3n) is 5.47. The molecule has 0 aromatic carbocycles. The third kappa shape index (κ3) is 3.33. The Bertz CT molecular complexity index is 369. The van der Waals surface area contributed by atoms with Gasteiger partial charge in [0.2, 0.25) is 5.91 Å². The Morgan fingerprint density at radius 2 is 1.85 bits per heavy atom. The fourth-order valence-electron chi connectivity index (χ4n) is 3.98. The zero-order valence-electron chi connectivity index (χ0n) is 12.6. The van der Waals surface area contributed by atoms with Crippen molar-refractivity contribution >= 4 is 11.9 Å². The summed E-state index contributed by atoms with van der Waals surface area (Å²) in [4.78, 5) is 23.4. The van der Waals surface area contributed by atoms with Gasteiger partial charge in [-0.25, -0.2) is 0 Å². The van der Waals surface area contributed by atoms with Crippen molar-refractivity contribution in [2.75, 3.05) is 0 Å². The van der Waals surface area contributed by atoms with Gasteiger partial charge in [-0.15, -0.1) is 0 Å². The van der Waals surface area contributed by atoms with Gasteiger partial charge >= 0.3 is 5.97 Å². The molecule has 20 heavy (non-hydrogen) atoms. The number of carboxylic acid groups (broad SMARTS) is 1. The SMILES string of the molecule is CCC1CCC(NC(=O)C2CCCC(C(=O)O)C2)C1C. The summed E-state index contributed by atoms with van der Waals surface area (Å²) in [6.45, 7) is 4.44. The molecular weight excluding hydrogens is 254 g/mol. The van der Waals surface area contributed by atoms with Crippen LogP contribution in [0.5, 0.6) is 0 Å². The molecule has 0 aliphatic heterocycles. The zero-order chi connectivity index (χ0) is 14.7. The number of carbonyl (C=O) groups excluding carboxylic acids is 1. The predicted octanol–water partition coefficient (Wildman–Crippen LogP) is 2.82. The minimum Gasteiger partial charge on any atom is -0.481 e. The van der Waals surface area contributed by atoms with Crippen molar-refractivity contribution in [3.05, 3.63) is 0 Å². The van der Waals surface area contributed by atoms with Gasteiger partial charge in [0, 0.05) is 12.0 Å². The van der Waals surface area contributed by atoms with E-state index in [0.717, 1.165) is 31.6 Å². The van der Waals surface area contributed by atoms with Crippen LogP contribution in [0.25, 0.3) is 0 Å². The van der Waals surface area contributed by atoms with Gasteiger partial charge in [0.25, 0.3) is 0 Å². The number of amides is 1. The minimum absolute atomic E-state index is 0.0875. The lowest BCUT2D eigenvalue weighted by Crippen LogP contribution is -2.42. The Balaban J connectivity index is 1.87. The Labute approximate surface area is 121 Å². The molecule has 0 spiro atoms. The normalized spacial score (nSPS) is 37.6. The zero-order valence-corrected chi connectivity index (χ0v) is 12.6. The topological polar surface area (TPSA) is 66.4 Å². The molecule has 0 aromatic heterocycles. The van der Waals surface area contributed by atoms with Gasteiger partial charge in [-0.3, -0.25) is 9.59 Å². The molecule has 2 saturated carbocycles. The van der Waals surface area contributed by atoms with E-state index in [1.807, 2.05) is 0 Å². The van der Waals surface area contributed by atoms with Crippen LogP contribution < -0.4 is 5.32 Å². The molecule has 0 heterocycles. The van der Waals surface area contributed by atoms with Crippen molar-refractivity contribution in [3.8, 4) is 0 Å². The summed E-state index contributed by atoms with van der Waals surface area (Å²) in [6.07, 6.45) is 6.38. The van der Waals surface area contributed by atoms with Crippen molar-refractivity contribution in [1.82, 2.24) is 5.32 Å². The van der Waals surface area contributed by atoms with Crippen LogP contribution in [0.15, 0.2) is 0 Å². The van der Waals surface area contributed by atoms with Crippen LogP contribution in [0.2, 0.25) is 0 Å². The van der Waals surface area contributed by atoms with Crippen LogP contribution in [0.1, 0.15) is 58.8 Å². The standard InChI is InChI=1S/C16H27NO3/c1-3-11-7-8-14(10(11)2)17-15(18)12-5-4-6-13(9-12)16(19)20/h10-14H,3-9H2,1-2H3,(H,17,18)(H,19,20). The number of hydrogen-bond acceptors (Lipinski definition) is 2. The van der Waals surface area contributed by atoms with E-state index in [1.165, 1.54) is 12.8 Å². The fourth-order valence-corrected chi connectivity index (χ4v) is 3.98. The van der Waals surface area contributed by atoms with Gasteiger partial charge in [-0.1, -0.05) is 26.7 Å². The maximum Gasteiger partial charge on any atom is 0.306 e. The molecule has 5 unspecified atom stereocenters. The van der Waals surface area contributed by atoms with Crippen LogP contribution in [-0.4, -0.2) is 23.0 Å². The largest absolute Gasteiger partial charge is 0.481 e. The summed E-state index contributed by atoms with van der Waals surface area (Å²) in [5.74, 6) is 0.176. The second-order valence-corrected chi connectivity index (χ2v) is 6.62. The Hall–Kier alpha value is -1.06. The molecule has 2 fully saturated rings. The summed E-state index contributed by atoms with van der Waals surface area (Å²) in [5, 5.41) is 12.3. The Morgan fingerprint density at radius 1 is 1.15 bits per heavy atom. The highest BCUT2D eigenvalue weighted by Gasteiger charge is 2.36. The van der Waals surface area contributed by atoms with Crippen molar-refractivity contribution in [3.63, 3.8) is 0 Å². The Morgan fingerprint density at radius 3 is 2.45 bits per heavy atom. The number of rotatable bonds is 4. The molecule has 1 amide bonds. The summed E-state index contributed by atoms with van der Waals surface area (Å²) in [7, 11) is 0. The molecule has 4 nitrogen and oxygen atoms in total. The number of aliphatic carboxylic acids is 1. The van der Waals surface area contributed by atoms with Crippen LogP contribution in [0.4, 0.5) is 0 Å². The number of nitrogens with one attached hydrogen (secondary N) is 1. The molecule has 2 rings (SSSR count). The van der Waals surface area contributed by atoms with Gasteiger partial charge in [0.1, 0.15) is 0 Å². The average Bonchev–Trinajstić information content (AvgIpc) is 2.79. The van der Waals surface area contributed by atoms with Gasteiger partial charge in [-0.05, 0) is 43.9 Å². The maximum atomic E-state index is 12.4. The highest BCUT2D eigenvalue weighted by Crippen LogP contribution is 2.35. The van der Waals surface area contributed by atoms with Crippen LogP contribution >= 0.6 is 0 Å². The highest BCUT2D eigenvalue weighted by molar-refractivity contribution is 5.80. The second-order valence-electron chi connectivity index (χ2n) is 6.62. The molecule has 0 bridgehead atoms. The summed E-state index contributed by atoms with van der Waals surface area (Å²) >= 11 is 0. The first kappa shape index (κ1) is 15.3. The molecule has 5 atom stereocenters. The van der Waals surface area contributed by atoms with E-state index in [4.69, 9.17) is 5.11 Å². The molecule has 2 N–H and O–H groups in total. The van der Waals surface area contributed by atoms with Crippen LogP contribution in [-0.2, 0) is 9.59 Å². The quantitative estimate of drug-likeness (QED) is 0.832. The first-order valence-corrected chi connectivity index (χ1v) is 8.06. The highest BCUT2D eigenvalue weighted by atomic mass is 16.4. The summed E-state index contributed by atoms with van der Waals surface area (Å²) in [6, 6.07) is 0.289. The second kappa shape index (κ2) is 6.59. The average molecular weight is 281 g/mol. The lowest BCUT2D eigenvalue weighted by Gasteiger charge is -2.28. The molecule has 0 saturated heterocycles. The molecule has 0 aromatic rings. The monoisotopic (exact) mass is 281 g/mol. The van der Waals surface area contributed by atoms with E-state index < -0.39 is 5.97 Å². The Kier molecular flexibility index (Phi) is 5.06. The molecule has 0 radical (unpaired) electrons. The van der Waals surface area contributed by atoms with Crippen molar-refractivity contribution in [1.29, 1.82) is 0 Å². The van der Waals surface area contributed by atoms with E-state index in [9.17, 15) is 9.59 Å². The van der Waals surface area contributed by atoms with E-state index in [2.05, 4.69) is 19.2 Å². The fraction of sp³-hybridized carbons (Fsp3) is 0.875. The summed E-state index contributed by atoms with van der Waals surface area (Å²) in [5.41, 5.74) is 0. The van der Waals surface area contributed by atoms with Crippen molar-refractivity contribution in [2.45, 2.75) is 64.8 Å². The minimum atomic E-state index is -0.747. The van der Waals surface area contributed by atoms with E-state index >= 15 is 0 Å². The van der Waals surface area contributed by atoms with Gasteiger partial charge in [0.15, 0.2) is 0 Å². The molecule has 114 valence electrons. The predicted molar refractivity (Wildman–Crippen MR) is 77.2 cm³/mol. The smallest absolute Gasteiger partial charge is 0.306 e. The third-order valence-corrected chi connectivity index (χ3v) is 5.47. The lowest BCUT2D eigenvalue weighted by molar-refractivity contribution is -0.144. The lowest BCUT2D eigenvalue weighted by atomic mass is 9.80. The van der Waals surface area contributed by atoms with Crippen LogP contribution in [0, 0.1) is 23.7 Å². The van der Waals surface area contributed by atoms with E-state index in [1.54, 1.807) is 0 Å². The maximum absolute atomic E-state index is 12.4. The number of carbonyl (C=O) groups is 2. The van der Waals surface area contributed by atoms with Gasteiger partial charge in [-0.2, -0.15) is 0 Å². The molecule has 4 heteroatoms. The van der Waals surface area contributed by atoms with Crippen LogP contribution in [0.3, 0.4) is 0 Å².